The Bertz CT molecular complexity index is 1180. The Hall–Kier alpha value is -3.28. The van der Waals surface area contributed by atoms with Crippen molar-refractivity contribution in [2.24, 2.45) is 0 Å². The highest BCUT2D eigenvalue weighted by Crippen LogP contribution is 2.33. The summed E-state index contributed by atoms with van der Waals surface area (Å²) in [5.74, 6) is 1.27. The quantitative estimate of drug-likeness (QED) is 0.518. The van der Waals surface area contributed by atoms with Gasteiger partial charge >= 0.3 is 6.18 Å². The van der Waals surface area contributed by atoms with Crippen LogP contribution in [0.3, 0.4) is 0 Å². The van der Waals surface area contributed by atoms with E-state index in [1.165, 1.54) is 5.38 Å². The number of halogens is 3. The van der Waals surface area contributed by atoms with Crippen molar-refractivity contribution in [3.8, 4) is 11.4 Å². The zero-order valence-electron chi connectivity index (χ0n) is 15.3. The molecule has 0 aliphatic heterocycles. The van der Waals surface area contributed by atoms with Crippen LogP contribution in [-0.4, -0.2) is 29.3 Å². The molecule has 0 saturated carbocycles. The Morgan fingerprint density at radius 1 is 1.17 bits per heavy atom. The van der Waals surface area contributed by atoms with Gasteiger partial charge in [0, 0.05) is 17.1 Å². The molecule has 0 radical (unpaired) electrons. The standard InChI is InChI=1S/C17H15F3N8S/c1-8(12-7-29-14(24-12)17(18,19)20)23-16-26-13(25-15(21)27-16)10-3-4-11-5-22-9(2)28(11)6-10/h3-8H,1-2H3,(H3,21,23,25,26,27). The predicted octanol–water partition coefficient (Wildman–Crippen LogP) is 3.73. The van der Waals surface area contributed by atoms with Gasteiger partial charge in [-0.25, -0.2) is 9.97 Å². The average Bonchev–Trinajstić information content (AvgIpc) is 3.28. The molecule has 3 N–H and O–H groups in total. The second-order valence-electron chi connectivity index (χ2n) is 6.30. The Kier molecular flexibility index (Phi) is 4.57. The molecule has 29 heavy (non-hydrogen) atoms. The number of nitrogens with zero attached hydrogens (tertiary/aromatic N) is 6. The van der Waals surface area contributed by atoms with Crippen molar-refractivity contribution in [1.29, 1.82) is 0 Å². The number of hydrogen-bond donors (Lipinski definition) is 2. The van der Waals surface area contributed by atoms with E-state index >= 15 is 0 Å². The Morgan fingerprint density at radius 3 is 2.69 bits per heavy atom. The molecule has 0 fully saturated rings. The second-order valence-corrected chi connectivity index (χ2v) is 7.16. The maximum Gasteiger partial charge on any atom is 0.443 e. The minimum absolute atomic E-state index is 0.0126. The first-order valence-corrected chi connectivity index (χ1v) is 9.33. The lowest BCUT2D eigenvalue weighted by Crippen LogP contribution is -2.13. The van der Waals surface area contributed by atoms with E-state index in [1.807, 2.05) is 29.7 Å². The van der Waals surface area contributed by atoms with Crippen molar-refractivity contribution in [3.05, 3.63) is 46.4 Å². The van der Waals surface area contributed by atoms with Crippen molar-refractivity contribution >= 4 is 28.8 Å². The summed E-state index contributed by atoms with van der Waals surface area (Å²) in [5.41, 5.74) is 7.66. The van der Waals surface area contributed by atoms with Gasteiger partial charge in [-0.2, -0.15) is 28.1 Å². The second kappa shape index (κ2) is 6.95. The van der Waals surface area contributed by atoms with E-state index in [0.29, 0.717) is 22.7 Å². The molecule has 1 unspecified atom stereocenters. The third kappa shape index (κ3) is 3.83. The summed E-state index contributed by atoms with van der Waals surface area (Å²) < 4.78 is 40.2. The molecule has 4 heterocycles. The van der Waals surface area contributed by atoms with Crippen LogP contribution in [0.1, 0.15) is 29.5 Å². The largest absolute Gasteiger partial charge is 0.443 e. The van der Waals surface area contributed by atoms with Crippen LogP contribution in [0.25, 0.3) is 16.9 Å². The molecule has 8 nitrogen and oxygen atoms in total. The van der Waals surface area contributed by atoms with Crippen LogP contribution in [0.2, 0.25) is 0 Å². The number of imidazole rings is 1. The molecule has 0 aliphatic rings. The number of alkyl halides is 3. The highest BCUT2D eigenvalue weighted by atomic mass is 32.1. The average molecular weight is 420 g/mol. The van der Waals surface area contributed by atoms with Gasteiger partial charge in [-0.15, -0.1) is 11.3 Å². The van der Waals surface area contributed by atoms with Crippen LogP contribution in [0, 0.1) is 6.92 Å². The summed E-state index contributed by atoms with van der Waals surface area (Å²) in [6.45, 7) is 3.53. The van der Waals surface area contributed by atoms with E-state index in [9.17, 15) is 13.2 Å². The summed E-state index contributed by atoms with van der Waals surface area (Å²) in [4.78, 5) is 20.4. The SMILES string of the molecule is Cc1ncc2ccc(-c3nc(N)nc(NC(C)c4csc(C(F)(F)F)n4)n3)cn12. The third-order valence-corrected chi connectivity index (χ3v) is 5.08. The van der Waals surface area contributed by atoms with Gasteiger partial charge < -0.3 is 15.5 Å². The van der Waals surface area contributed by atoms with E-state index in [2.05, 4.69) is 30.2 Å². The maximum absolute atomic E-state index is 12.8. The highest BCUT2D eigenvalue weighted by Gasteiger charge is 2.35. The lowest BCUT2D eigenvalue weighted by Gasteiger charge is -2.13. The number of aromatic nitrogens is 6. The Labute approximate surface area is 166 Å². The van der Waals surface area contributed by atoms with E-state index in [4.69, 9.17) is 5.73 Å². The number of fused-ring (bicyclic) bond motifs is 1. The van der Waals surface area contributed by atoms with Gasteiger partial charge in [0.15, 0.2) is 10.8 Å². The van der Waals surface area contributed by atoms with Crippen LogP contribution in [0.5, 0.6) is 0 Å². The molecule has 1 atom stereocenters. The molecule has 0 bridgehead atoms. The highest BCUT2D eigenvalue weighted by molar-refractivity contribution is 7.09. The number of pyridine rings is 1. The van der Waals surface area contributed by atoms with Crippen molar-refractivity contribution in [1.82, 2.24) is 29.3 Å². The van der Waals surface area contributed by atoms with E-state index in [0.717, 1.165) is 11.3 Å². The van der Waals surface area contributed by atoms with Crippen molar-refractivity contribution < 1.29 is 13.2 Å². The third-order valence-electron chi connectivity index (χ3n) is 4.18. The van der Waals surface area contributed by atoms with Crippen molar-refractivity contribution in [2.45, 2.75) is 26.1 Å². The fourth-order valence-electron chi connectivity index (χ4n) is 2.72. The number of nitrogen functional groups attached to an aromatic ring is 1. The molecule has 0 saturated heterocycles. The Balaban J connectivity index is 1.62. The van der Waals surface area contributed by atoms with Gasteiger partial charge in [0.2, 0.25) is 11.9 Å². The topological polar surface area (TPSA) is 107 Å². The lowest BCUT2D eigenvalue weighted by atomic mass is 10.2. The zero-order valence-corrected chi connectivity index (χ0v) is 16.1. The summed E-state index contributed by atoms with van der Waals surface area (Å²) in [7, 11) is 0. The molecule has 0 aromatic carbocycles. The molecular formula is C17H15F3N8S. The van der Waals surface area contributed by atoms with E-state index in [-0.39, 0.29) is 17.6 Å². The number of nitrogens with one attached hydrogen (secondary N) is 1. The summed E-state index contributed by atoms with van der Waals surface area (Å²) >= 11 is 0.539. The van der Waals surface area contributed by atoms with Gasteiger partial charge in [-0.05, 0) is 26.0 Å². The van der Waals surface area contributed by atoms with Crippen molar-refractivity contribution in [3.63, 3.8) is 0 Å². The van der Waals surface area contributed by atoms with Crippen LogP contribution < -0.4 is 11.1 Å². The fraction of sp³-hybridized carbons (Fsp3) is 0.235. The number of hydrogen-bond acceptors (Lipinski definition) is 8. The summed E-state index contributed by atoms with van der Waals surface area (Å²) in [6.07, 6.45) is -0.897. The van der Waals surface area contributed by atoms with Gasteiger partial charge in [-0.1, -0.05) is 0 Å². The predicted molar refractivity (Wildman–Crippen MR) is 102 cm³/mol. The lowest BCUT2D eigenvalue weighted by molar-refractivity contribution is -0.137. The number of aryl methyl sites for hydroxylation is 1. The van der Waals surface area contributed by atoms with Gasteiger partial charge in [0.1, 0.15) is 5.82 Å². The molecular weight excluding hydrogens is 405 g/mol. The first-order chi connectivity index (χ1) is 13.7. The Morgan fingerprint density at radius 2 is 1.97 bits per heavy atom. The minimum Gasteiger partial charge on any atom is -0.368 e. The number of nitrogens with two attached hydrogens (primary N) is 1. The van der Waals surface area contributed by atoms with Crippen LogP contribution in [0.15, 0.2) is 29.9 Å². The first kappa shape index (κ1) is 19.1. The maximum atomic E-state index is 12.8. The zero-order chi connectivity index (χ0) is 20.8. The van der Waals surface area contributed by atoms with E-state index in [1.54, 1.807) is 13.1 Å². The van der Waals surface area contributed by atoms with Crippen LogP contribution in [0.4, 0.5) is 25.1 Å². The molecule has 4 rings (SSSR count). The normalized spacial score (nSPS) is 13.0. The van der Waals surface area contributed by atoms with Gasteiger partial charge in [0.25, 0.3) is 0 Å². The van der Waals surface area contributed by atoms with Crippen LogP contribution in [-0.2, 0) is 6.18 Å². The number of thiazole rings is 1. The first-order valence-electron chi connectivity index (χ1n) is 8.45. The monoisotopic (exact) mass is 420 g/mol. The summed E-state index contributed by atoms with van der Waals surface area (Å²) in [5, 5.41) is 3.38. The molecule has 0 aliphatic carbocycles. The molecule has 4 aromatic heterocycles. The number of anilines is 2. The summed E-state index contributed by atoms with van der Waals surface area (Å²) in [6, 6.07) is 3.14. The van der Waals surface area contributed by atoms with Crippen LogP contribution >= 0.6 is 11.3 Å². The fourth-order valence-corrected chi connectivity index (χ4v) is 3.50. The molecule has 4 aromatic rings. The van der Waals surface area contributed by atoms with Crippen molar-refractivity contribution in [2.75, 3.05) is 11.1 Å². The smallest absolute Gasteiger partial charge is 0.368 e. The minimum atomic E-state index is -4.47. The van der Waals surface area contributed by atoms with Gasteiger partial charge in [-0.3, -0.25) is 0 Å². The van der Waals surface area contributed by atoms with Gasteiger partial charge in [0.05, 0.1) is 23.4 Å². The molecule has 0 amide bonds. The molecule has 12 heteroatoms. The van der Waals surface area contributed by atoms with E-state index < -0.39 is 17.2 Å². The molecule has 0 spiro atoms. The number of rotatable bonds is 4. The molecule has 150 valence electrons.